The fraction of sp³-hybridized carbons (Fsp3) is 0.917. The van der Waals surface area contributed by atoms with Crippen molar-refractivity contribution in [3.8, 4) is 6.07 Å². The molecule has 0 spiro atoms. The summed E-state index contributed by atoms with van der Waals surface area (Å²) in [5, 5.41) is 18.4. The second-order valence-corrected chi connectivity index (χ2v) is 10.9. The molecule has 0 aromatic carbocycles. The van der Waals surface area contributed by atoms with Crippen LogP contribution in [0, 0.1) is 11.3 Å². The number of aliphatic hydroxyl groups is 1. The summed E-state index contributed by atoms with van der Waals surface area (Å²) in [7, 11) is -2.03. The van der Waals surface area contributed by atoms with Crippen LogP contribution in [0.25, 0.3) is 0 Å². The highest BCUT2D eigenvalue weighted by Gasteiger charge is 2.49. The normalized spacial score (nSPS) is 30.3. The third-order valence-corrected chi connectivity index (χ3v) is 8.21. The molecule has 5 heteroatoms. The van der Waals surface area contributed by atoms with Crippen LogP contribution in [-0.2, 0) is 9.16 Å². The topological polar surface area (TPSA) is 62.5 Å². The molecule has 1 aliphatic rings. The quantitative estimate of drug-likeness (QED) is 0.789. The predicted molar refractivity (Wildman–Crippen MR) is 67.8 cm³/mol. The van der Waals surface area contributed by atoms with Crippen LogP contribution in [0.2, 0.25) is 18.1 Å². The molecular formula is C12H23NO3Si. The van der Waals surface area contributed by atoms with Crippen LogP contribution < -0.4 is 0 Å². The van der Waals surface area contributed by atoms with Crippen molar-refractivity contribution in [3.05, 3.63) is 0 Å². The van der Waals surface area contributed by atoms with Gasteiger partial charge in [0.05, 0.1) is 12.7 Å². The number of rotatable bonds is 3. The average Bonchev–Trinajstić information content (AvgIpc) is 2.60. The fourth-order valence-electron chi connectivity index (χ4n) is 1.61. The fourth-order valence-corrected chi connectivity index (χ4v) is 2.94. The Bertz CT molecular complexity index is 319. The Morgan fingerprint density at radius 3 is 2.47 bits per heavy atom. The molecule has 2 atom stereocenters. The van der Waals surface area contributed by atoms with Gasteiger partial charge in [0.15, 0.2) is 8.32 Å². The van der Waals surface area contributed by atoms with Gasteiger partial charge in [-0.05, 0) is 24.6 Å². The van der Waals surface area contributed by atoms with E-state index in [1.54, 1.807) is 0 Å². The van der Waals surface area contributed by atoms with E-state index in [9.17, 15) is 5.26 Å². The number of nitrogens with zero attached hydrogens (tertiary/aromatic N) is 1. The molecule has 1 rings (SSSR count). The van der Waals surface area contributed by atoms with Gasteiger partial charge in [0.1, 0.15) is 6.07 Å². The highest BCUT2D eigenvalue weighted by molar-refractivity contribution is 6.74. The Morgan fingerprint density at radius 2 is 2.12 bits per heavy atom. The van der Waals surface area contributed by atoms with Crippen LogP contribution in [0.15, 0.2) is 0 Å². The molecule has 17 heavy (non-hydrogen) atoms. The Balaban J connectivity index is 2.82. The summed E-state index contributed by atoms with van der Waals surface area (Å²) in [5.74, 6) is -1.14. The first-order chi connectivity index (χ1) is 7.66. The minimum Gasteiger partial charge on any atom is -0.394 e. The average molecular weight is 257 g/mol. The Hall–Kier alpha value is -0.413. The molecule has 0 saturated carbocycles. The third kappa shape index (κ3) is 3.08. The van der Waals surface area contributed by atoms with Gasteiger partial charge in [-0.2, -0.15) is 5.26 Å². The van der Waals surface area contributed by atoms with Gasteiger partial charge in [0.25, 0.3) is 5.79 Å². The summed E-state index contributed by atoms with van der Waals surface area (Å²) < 4.78 is 11.7. The van der Waals surface area contributed by atoms with E-state index in [0.29, 0.717) is 12.8 Å². The number of aliphatic hydroxyl groups excluding tert-OH is 1. The highest BCUT2D eigenvalue weighted by atomic mass is 28.4. The van der Waals surface area contributed by atoms with Gasteiger partial charge in [-0.15, -0.1) is 0 Å². The summed E-state index contributed by atoms with van der Waals surface area (Å²) >= 11 is 0. The van der Waals surface area contributed by atoms with E-state index in [1.165, 1.54) is 0 Å². The first-order valence-corrected chi connectivity index (χ1v) is 8.97. The smallest absolute Gasteiger partial charge is 0.250 e. The molecule has 0 radical (unpaired) electrons. The standard InChI is InChI=1S/C12H23NO3Si/c1-11(2,3)17(4,5)16-12(9-13)7-6-10(8-14)15-12/h10,14H,6-8H2,1-5H3. The zero-order chi connectivity index (χ0) is 13.3. The Kier molecular flexibility index (Phi) is 4.04. The lowest BCUT2D eigenvalue weighted by Gasteiger charge is -2.40. The lowest BCUT2D eigenvalue weighted by Crippen LogP contribution is -2.49. The Morgan fingerprint density at radius 1 is 1.53 bits per heavy atom. The van der Waals surface area contributed by atoms with Crippen molar-refractivity contribution in [3.63, 3.8) is 0 Å². The van der Waals surface area contributed by atoms with E-state index >= 15 is 0 Å². The van der Waals surface area contributed by atoms with E-state index in [1.807, 2.05) is 0 Å². The molecule has 0 aromatic heterocycles. The van der Waals surface area contributed by atoms with E-state index in [0.717, 1.165) is 0 Å². The van der Waals surface area contributed by atoms with Crippen LogP contribution in [0.3, 0.4) is 0 Å². The van der Waals surface area contributed by atoms with Crippen LogP contribution in [0.4, 0.5) is 0 Å². The van der Waals surface area contributed by atoms with Crippen LogP contribution in [0.5, 0.6) is 0 Å². The van der Waals surface area contributed by atoms with Crippen molar-refractivity contribution in [1.29, 1.82) is 5.26 Å². The minimum atomic E-state index is -2.03. The molecule has 0 aliphatic carbocycles. The van der Waals surface area contributed by atoms with Gasteiger partial charge in [-0.3, -0.25) is 0 Å². The van der Waals surface area contributed by atoms with Crippen LogP contribution in [-0.4, -0.2) is 31.9 Å². The summed E-state index contributed by atoms with van der Waals surface area (Å²) in [5.41, 5.74) is 0. The zero-order valence-corrected chi connectivity index (χ0v) is 12.4. The highest BCUT2D eigenvalue weighted by Crippen LogP contribution is 2.42. The minimum absolute atomic E-state index is 0.0392. The molecule has 1 saturated heterocycles. The Labute approximate surface area is 105 Å². The SMILES string of the molecule is CC(C)(C)[Si](C)(C)OC1(C#N)CCC(CO)O1. The molecule has 0 amide bonds. The summed E-state index contributed by atoms with van der Waals surface area (Å²) in [6, 6.07) is 2.15. The molecule has 98 valence electrons. The number of nitriles is 1. The lowest BCUT2D eigenvalue weighted by atomic mass is 10.2. The number of ether oxygens (including phenoxy) is 1. The van der Waals surface area contributed by atoms with Crippen molar-refractivity contribution in [1.82, 2.24) is 0 Å². The molecular weight excluding hydrogens is 234 g/mol. The monoisotopic (exact) mass is 257 g/mol. The van der Waals surface area contributed by atoms with Crippen molar-refractivity contribution in [2.24, 2.45) is 0 Å². The second-order valence-electron chi connectivity index (χ2n) is 6.19. The maximum Gasteiger partial charge on any atom is 0.250 e. The second kappa shape index (κ2) is 4.69. The molecule has 0 bridgehead atoms. The number of hydrogen-bond donors (Lipinski definition) is 1. The molecule has 0 aromatic rings. The molecule has 1 fully saturated rings. The van der Waals surface area contributed by atoms with E-state index in [4.69, 9.17) is 14.3 Å². The van der Waals surface area contributed by atoms with Crippen molar-refractivity contribution < 1.29 is 14.3 Å². The molecule has 1 N–H and O–H groups in total. The van der Waals surface area contributed by atoms with Gasteiger partial charge in [-0.25, -0.2) is 0 Å². The first kappa shape index (κ1) is 14.6. The van der Waals surface area contributed by atoms with Crippen molar-refractivity contribution in [2.45, 2.75) is 63.6 Å². The predicted octanol–water partition coefficient (Wildman–Crippen LogP) is 2.40. The largest absolute Gasteiger partial charge is 0.394 e. The van der Waals surface area contributed by atoms with E-state index in [-0.39, 0.29) is 17.7 Å². The molecule has 1 aliphatic heterocycles. The number of hydrogen-bond acceptors (Lipinski definition) is 4. The molecule has 1 heterocycles. The van der Waals surface area contributed by atoms with Crippen molar-refractivity contribution >= 4 is 8.32 Å². The molecule has 2 unspecified atom stereocenters. The van der Waals surface area contributed by atoms with Gasteiger partial charge >= 0.3 is 0 Å². The zero-order valence-electron chi connectivity index (χ0n) is 11.4. The maximum atomic E-state index is 9.30. The summed E-state index contributed by atoms with van der Waals surface area (Å²) in [6.45, 7) is 10.5. The van der Waals surface area contributed by atoms with E-state index in [2.05, 4.69) is 39.9 Å². The molecule has 4 nitrogen and oxygen atoms in total. The summed E-state index contributed by atoms with van der Waals surface area (Å²) in [6.07, 6.45) is 0.958. The van der Waals surface area contributed by atoms with Crippen molar-refractivity contribution in [2.75, 3.05) is 6.61 Å². The lowest BCUT2D eigenvalue weighted by molar-refractivity contribution is -0.146. The van der Waals surface area contributed by atoms with Gasteiger partial charge in [0, 0.05) is 6.42 Å². The van der Waals surface area contributed by atoms with E-state index < -0.39 is 14.1 Å². The van der Waals surface area contributed by atoms with Gasteiger partial charge in [-0.1, -0.05) is 20.8 Å². The van der Waals surface area contributed by atoms with Gasteiger partial charge < -0.3 is 14.3 Å². The first-order valence-electron chi connectivity index (χ1n) is 6.06. The van der Waals surface area contributed by atoms with Crippen LogP contribution >= 0.6 is 0 Å². The maximum absolute atomic E-state index is 9.30. The van der Waals surface area contributed by atoms with Gasteiger partial charge in [0.2, 0.25) is 0 Å². The third-order valence-electron chi connectivity index (χ3n) is 3.75. The van der Waals surface area contributed by atoms with Crippen LogP contribution in [0.1, 0.15) is 33.6 Å². The summed E-state index contributed by atoms with van der Waals surface area (Å²) in [4.78, 5) is 0.